The lowest BCUT2D eigenvalue weighted by atomic mass is 9.85. The van der Waals surface area contributed by atoms with Crippen LogP contribution in [0.5, 0.6) is 23.0 Å². The first-order chi connectivity index (χ1) is 23.0. The number of aromatic hydroxyl groups is 1. The van der Waals surface area contributed by atoms with E-state index in [1.54, 1.807) is 12.1 Å². The fraction of sp³-hybridized carbons (Fsp3) is 0.625. The summed E-state index contributed by atoms with van der Waals surface area (Å²) in [6, 6.07) is 7.33. The summed E-state index contributed by atoms with van der Waals surface area (Å²) in [6.45, 7) is 13.2. The van der Waals surface area contributed by atoms with Crippen molar-refractivity contribution in [1.29, 1.82) is 0 Å². The van der Waals surface area contributed by atoms with Crippen LogP contribution in [-0.2, 0) is 22.4 Å². The number of Topliss-reactive ketones (excluding diaryl/α,β-unsaturated/α-hetero) is 2. The molecule has 2 aromatic rings. The van der Waals surface area contributed by atoms with Crippen molar-refractivity contribution in [3.8, 4) is 23.0 Å². The third-order valence-corrected chi connectivity index (χ3v) is 9.12. The molecular weight excluding hydrogens is 608 g/mol. The van der Waals surface area contributed by atoms with E-state index in [9.17, 15) is 19.5 Å². The van der Waals surface area contributed by atoms with Crippen LogP contribution >= 0.6 is 0 Å². The van der Waals surface area contributed by atoms with E-state index in [2.05, 4.69) is 20.8 Å². The van der Waals surface area contributed by atoms with Crippen molar-refractivity contribution in [2.75, 3.05) is 19.8 Å². The number of hydrogen-bond donors (Lipinski definition) is 1. The maximum Gasteiger partial charge on any atom is 0.305 e. The summed E-state index contributed by atoms with van der Waals surface area (Å²) in [5, 5.41) is 10.6. The molecule has 2 unspecified atom stereocenters. The molecule has 0 amide bonds. The maximum absolute atomic E-state index is 13.6. The van der Waals surface area contributed by atoms with Crippen LogP contribution < -0.4 is 14.2 Å². The smallest absolute Gasteiger partial charge is 0.305 e. The highest BCUT2D eigenvalue weighted by atomic mass is 16.5. The van der Waals surface area contributed by atoms with Gasteiger partial charge in [-0.15, -0.1) is 0 Å². The molecule has 2 atom stereocenters. The summed E-state index contributed by atoms with van der Waals surface area (Å²) in [4.78, 5) is 37.4. The Kier molecular flexibility index (Phi) is 15.8. The maximum atomic E-state index is 13.6. The van der Waals surface area contributed by atoms with Crippen LogP contribution in [0.25, 0.3) is 0 Å². The van der Waals surface area contributed by atoms with Gasteiger partial charge in [-0.1, -0.05) is 65.9 Å². The van der Waals surface area contributed by atoms with E-state index in [0.717, 1.165) is 63.4 Å². The first kappa shape index (κ1) is 38.9. The fourth-order valence-electron chi connectivity index (χ4n) is 6.07. The monoisotopic (exact) mass is 666 g/mol. The zero-order valence-electron chi connectivity index (χ0n) is 30.2. The van der Waals surface area contributed by atoms with Crippen LogP contribution in [0, 0.1) is 5.92 Å². The van der Waals surface area contributed by atoms with Gasteiger partial charge in [0.1, 0.15) is 34.2 Å². The molecule has 1 aliphatic rings. The summed E-state index contributed by atoms with van der Waals surface area (Å²) < 4.78 is 24.1. The van der Waals surface area contributed by atoms with E-state index in [0.29, 0.717) is 91.8 Å². The van der Waals surface area contributed by atoms with Gasteiger partial charge in [0.25, 0.3) is 0 Å². The van der Waals surface area contributed by atoms with E-state index in [1.165, 1.54) is 6.92 Å². The minimum Gasteiger partial charge on any atom is -0.507 e. The molecule has 1 N–H and O–H groups in total. The van der Waals surface area contributed by atoms with Crippen molar-refractivity contribution in [2.24, 2.45) is 5.92 Å². The van der Waals surface area contributed by atoms with Crippen molar-refractivity contribution < 1.29 is 38.4 Å². The predicted molar refractivity (Wildman–Crippen MR) is 189 cm³/mol. The Morgan fingerprint density at radius 3 is 2.27 bits per heavy atom. The zero-order valence-corrected chi connectivity index (χ0v) is 30.2. The third kappa shape index (κ3) is 11.3. The number of phenolic OH excluding ortho intramolecular Hbond substituents is 1. The molecule has 0 spiro atoms. The number of esters is 1. The van der Waals surface area contributed by atoms with Crippen LogP contribution in [0.2, 0.25) is 0 Å². The summed E-state index contributed by atoms with van der Waals surface area (Å²) in [6.07, 6.45) is 10.8. The van der Waals surface area contributed by atoms with Gasteiger partial charge >= 0.3 is 5.97 Å². The summed E-state index contributed by atoms with van der Waals surface area (Å²) in [5.74, 6) is 1.98. The van der Waals surface area contributed by atoms with Gasteiger partial charge in [0.05, 0.1) is 31.8 Å². The van der Waals surface area contributed by atoms with Gasteiger partial charge in [-0.25, -0.2) is 0 Å². The van der Waals surface area contributed by atoms with Crippen LogP contribution in [0.1, 0.15) is 150 Å². The van der Waals surface area contributed by atoms with Gasteiger partial charge in [-0.05, 0) is 88.5 Å². The number of aryl methyl sites for hydroxylation is 1. The summed E-state index contributed by atoms with van der Waals surface area (Å²) in [5.41, 5.74) is 2.03. The van der Waals surface area contributed by atoms with Gasteiger partial charge in [0, 0.05) is 12.0 Å². The molecule has 266 valence electrons. The molecule has 8 nitrogen and oxygen atoms in total. The quantitative estimate of drug-likeness (QED) is 0.0752. The normalized spacial score (nSPS) is 16.2. The van der Waals surface area contributed by atoms with Crippen molar-refractivity contribution >= 4 is 17.5 Å². The Morgan fingerprint density at radius 1 is 0.917 bits per heavy atom. The van der Waals surface area contributed by atoms with Gasteiger partial charge < -0.3 is 24.1 Å². The molecule has 0 saturated heterocycles. The molecule has 2 aromatic carbocycles. The van der Waals surface area contributed by atoms with Crippen molar-refractivity contribution in [1.82, 2.24) is 0 Å². The second kappa shape index (κ2) is 19.4. The number of ether oxygens (including phenoxy) is 4. The number of carbonyl (C=O) groups is 3. The van der Waals surface area contributed by atoms with E-state index in [-0.39, 0.29) is 23.3 Å². The molecule has 3 rings (SSSR count). The molecule has 0 saturated carbocycles. The summed E-state index contributed by atoms with van der Waals surface area (Å²) in [7, 11) is 0. The second-order valence-electron chi connectivity index (χ2n) is 13.6. The van der Waals surface area contributed by atoms with Crippen LogP contribution in [-0.4, -0.2) is 48.1 Å². The Bertz CT molecular complexity index is 1370. The Balaban J connectivity index is 1.49. The minimum atomic E-state index is -0.581. The number of phenols is 1. The lowest BCUT2D eigenvalue weighted by Crippen LogP contribution is -2.39. The van der Waals surface area contributed by atoms with E-state index in [4.69, 9.17) is 18.9 Å². The third-order valence-electron chi connectivity index (χ3n) is 9.12. The Labute approximate surface area is 287 Å². The molecule has 1 heterocycles. The van der Waals surface area contributed by atoms with Crippen molar-refractivity contribution in [3.05, 3.63) is 46.5 Å². The van der Waals surface area contributed by atoms with Gasteiger partial charge in [-0.3, -0.25) is 14.4 Å². The number of carbonyl (C=O) groups excluding carboxylic acids is 3. The molecule has 0 radical (unpaired) electrons. The number of fused-ring (bicyclic) bond motifs is 1. The molecule has 1 aliphatic heterocycles. The van der Waals surface area contributed by atoms with E-state index in [1.807, 2.05) is 26.0 Å². The number of ketones is 2. The topological polar surface area (TPSA) is 108 Å². The molecule has 0 aliphatic carbocycles. The average Bonchev–Trinajstić information content (AvgIpc) is 3.05. The Hall–Kier alpha value is -3.55. The van der Waals surface area contributed by atoms with Crippen LogP contribution in [0.3, 0.4) is 0 Å². The SMILES string of the molecule is CCCc1ccc(OCCCCC(=O)OCC(C)CC)c2c1OC(C)(CCCCCCOc1ccc(C(C)=O)c(O)c1CCC)CC2=O. The number of hydrogen-bond acceptors (Lipinski definition) is 8. The number of benzene rings is 2. The molecular formula is C40H58O8. The van der Waals surface area contributed by atoms with E-state index >= 15 is 0 Å². The molecule has 48 heavy (non-hydrogen) atoms. The lowest BCUT2D eigenvalue weighted by molar-refractivity contribution is -0.145. The highest BCUT2D eigenvalue weighted by Gasteiger charge is 2.39. The molecule has 8 heteroatoms. The highest BCUT2D eigenvalue weighted by Crippen LogP contribution is 2.43. The average molecular weight is 667 g/mol. The minimum absolute atomic E-state index is 0.0333. The number of unbranched alkanes of at least 4 members (excludes halogenated alkanes) is 4. The molecule has 0 fully saturated rings. The Morgan fingerprint density at radius 2 is 1.58 bits per heavy atom. The first-order valence-electron chi connectivity index (χ1n) is 18.2. The second-order valence-corrected chi connectivity index (χ2v) is 13.6. The highest BCUT2D eigenvalue weighted by molar-refractivity contribution is 6.03. The standard InChI is InChI=1S/C40H58O8/c1-7-16-30-19-21-35(46-25-15-12-18-36(43)47-27-28(4)9-3)37-33(42)26-40(6,48-39(30)37)23-13-10-11-14-24-45-34-22-20-31(29(5)41)38(44)32(34)17-8-2/h19-22,28,44H,7-18,23-27H2,1-6H3. The largest absolute Gasteiger partial charge is 0.507 e. The predicted octanol–water partition coefficient (Wildman–Crippen LogP) is 9.39. The van der Waals surface area contributed by atoms with Crippen molar-refractivity contribution in [3.63, 3.8) is 0 Å². The van der Waals surface area contributed by atoms with Gasteiger partial charge in [0.15, 0.2) is 11.6 Å². The van der Waals surface area contributed by atoms with E-state index < -0.39 is 5.60 Å². The fourth-order valence-corrected chi connectivity index (χ4v) is 6.07. The molecule has 0 aromatic heterocycles. The summed E-state index contributed by atoms with van der Waals surface area (Å²) >= 11 is 0. The van der Waals surface area contributed by atoms with Gasteiger partial charge in [-0.2, -0.15) is 0 Å². The first-order valence-corrected chi connectivity index (χ1v) is 18.2. The number of rotatable bonds is 22. The molecule has 0 bridgehead atoms. The zero-order chi connectivity index (χ0) is 35.1. The lowest BCUT2D eigenvalue weighted by Gasteiger charge is -2.37. The van der Waals surface area contributed by atoms with Crippen LogP contribution in [0.4, 0.5) is 0 Å². The van der Waals surface area contributed by atoms with Crippen LogP contribution in [0.15, 0.2) is 24.3 Å². The van der Waals surface area contributed by atoms with Gasteiger partial charge in [0.2, 0.25) is 0 Å². The van der Waals surface area contributed by atoms with Crippen molar-refractivity contribution in [2.45, 2.75) is 137 Å².